The van der Waals surface area contributed by atoms with Gasteiger partial charge in [-0.15, -0.1) is 0 Å². The second kappa shape index (κ2) is 8.03. The predicted molar refractivity (Wildman–Crippen MR) is 110 cm³/mol. The van der Waals surface area contributed by atoms with E-state index in [1.807, 2.05) is 74.5 Å². The third-order valence-corrected chi connectivity index (χ3v) is 4.73. The average Bonchev–Trinajstić information content (AvgIpc) is 3.10. The Kier molecular flexibility index (Phi) is 5.12. The molecular weight excluding hydrogens is 364 g/mol. The molecule has 1 atom stereocenters. The van der Waals surface area contributed by atoms with Crippen LogP contribution >= 0.6 is 0 Å². The van der Waals surface area contributed by atoms with Crippen LogP contribution in [0.15, 0.2) is 77.1 Å². The van der Waals surface area contributed by atoms with Crippen LogP contribution in [0.1, 0.15) is 29.7 Å². The van der Waals surface area contributed by atoms with Crippen LogP contribution in [-0.2, 0) is 4.74 Å². The maximum atomic E-state index is 9.96. The van der Waals surface area contributed by atoms with Gasteiger partial charge < -0.3 is 9.47 Å². The lowest BCUT2D eigenvalue weighted by atomic mass is 9.84. The summed E-state index contributed by atoms with van der Waals surface area (Å²) in [7, 11) is 0. The fraction of sp³-hybridized carbons (Fsp3) is 0.174. The van der Waals surface area contributed by atoms with E-state index in [1.54, 1.807) is 4.68 Å². The van der Waals surface area contributed by atoms with Gasteiger partial charge in [-0.25, -0.2) is 4.68 Å². The molecule has 0 aliphatic carbocycles. The van der Waals surface area contributed by atoms with Gasteiger partial charge in [0.05, 0.1) is 29.5 Å². The molecule has 0 fully saturated rings. The summed E-state index contributed by atoms with van der Waals surface area (Å²) in [5.74, 6) is 0.459. The Balaban J connectivity index is 1.94. The number of aliphatic imine (C=N–C) groups is 1. The van der Waals surface area contributed by atoms with Gasteiger partial charge in [-0.3, -0.25) is 0 Å². The molecule has 1 aromatic heterocycles. The Bertz CT molecular complexity index is 1110. The average molecular weight is 384 g/mol. The molecular formula is C23H20N4O2. The Labute approximate surface area is 169 Å². The largest absolute Gasteiger partial charge is 0.483 e. The van der Waals surface area contributed by atoms with Crippen LogP contribution in [0.2, 0.25) is 0 Å². The molecule has 2 aromatic carbocycles. The number of hydrogen-bond donors (Lipinski definition) is 0. The van der Waals surface area contributed by atoms with Gasteiger partial charge in [0.1, 0.15) is 11.6 Å². The van der Waals surface area contributed by atoms with E-state index in [4.69, 9.17) is 14.6 Å². The first-order chi connectivity index (χ1) is 14.2. The molecule has 0 N–H and O–H groups in total. The summed E-state index contributed by atoms with van der Waals surface area (Å²) in [6.45, 7) is 4.28. The van der Waals surface area contributed by atoms with Crippen LogP contribution < -0.4 is 4.74 Å². The van der Waals surface area contributed by atoms with Gasteiger partial charge in [0.15, 0.2) is 6.40 Å². The predicted octanol–water partition coefficient (Wildman–Crippen LogP) is 4.51. The third-order valence-electron chi connectivity index (χ3n) is 4.73. The number of aryl methyl sites for hydroxylation is 1. The third kappa shape index (κ3) is 3.39. The van der Waals surface area contributed by atoms with Crippen LogP contribution in [-0.4, -0.2) is 22.8 Å². The van der Waals surface area contributed by atoms with Crippen molar-refractivity contribution in [2.45, 2.75) is 19.8 Å². The van der Waals surface area contributed by atoms with Crippen LogP contribution in [0.5, 0.6) is 5.88 Å². The minimum absolute atomic E-state index is 0.222. The minimum Gasteiger partial charge on any atom is -0.483 e. The molecule has 144 valence electrons. The van der Waals surface area contributed by atoms with Gasteiger partial charge in [-0.2, -0.15) is 15.4 Å². The highest BCUT2D eigenvalue weighted by Gasteiger charge is 2.36. The van der Waals surface area contributed by atoms with Crippen molar-refractivity contribution in [2.24, 2.45) is 4.99 Å². The zero-order chi connectivity index (χ0) is 20.2. The molecule has 0 radical (unpaired) electrons. The molecule has 1 aliphatic rings. The van der Waals surface area contributed by atoms with E-state index in [0.29, 0.717) is 18.1 Å². The first-order valence-corrected chi connectivity index (χ1v) is 9.40. The first kappa shape index (κ1) is 18.5. The fourth-order valence-electron chi connectivity index (χ4n) is 3.45. The zero-order valence-corrected chi connectivity index (χ0v) is 16.2. The number of hydrogen-bond acceptors (Lipinski definition) is 5. The Morgan fingerprint density at radius 1 is 1.17 bits per heavy atom. The standard InChI is InChI=1S/C23H20N4O2/c1-3-28-15-25-22-19(14-24)21(17-10-6-4-7-11-17)20-16(2)26-27(23(20)29-22)18-12-8-5-9-13-18/h4-13,15,21H,3H2,1-2H3/b25-15+. The van der Waals surface area contributed by atoms with Gasteiger partial charge in [0.25, 0.3) is 0 Å². The van der Waals surface area contributed by atoms with E-state index in [-0.39, 0.29) is 11.8 Å². The van der Waals surface area contributed by atoms with Gasteiger partial charge in [-0.1, -0.05) is 48.5 Å². The van der Waals surface area contributed by atoms with E-state index >= 15 is 0 Å². The lowest BCUT2D eigenvalue weighted by Crippen LogP contribution is -2.17. The zero-order valence-electron chi connectivity index (χ0n) is 16.2. The Morgan fingerprint density at radius 3 is 2.52 bits per heavy atom. The monoisotopic (exact) mass is 384 g/mol. The summed E-state index contributed by atoms with van der Waals surface area (Å²) >= 11 is 0. The van der Waals surface area contributed by atoms with Crippen molar-refractivity contribution in [3.8, 4) is 17.6 Å². The Morgan fingerprint density at radius 2 is 1.86 bits per heavy atom. The molecule has 4 rings (SSSR count). The number of benzene rings is 2. The lowest BCUT2D eigenvalue weighted by Gasteiger charge is -2.24. The molecule has 0 spiro atoms. The number of nitrogens with zero attached hydrogens (tertiary/aromatic N) is 4. The summed E-state index contributed by atoms with van der Waals surface area (Å²) in [5, 5.41) is 14.7. The van der Waals surface area contributed by atoms with Gasteiger partial charge in [0, 0.05) is 0 Å². The smallest absolute Gasteiger partial charge is 0.238 e. The Hall–Kier alpha value is -3.85. The van der Waals surface area contributed by atoms with Gasteiger partial charge in [-0.05, 0) is 31.5 Å². The molecule has 1 aliphatic heterocycles. The van der Waals surface area contributed by atoms with Gasteiger partial charge in [0.2, 0.25) is 11.8 Å². The summed E-state index contributed by atoms with van der Waals surface area (Å²) in [6, 6.07) is 21.9. The topological polar surface area (TPSA) is 72.4 Å². The van der Waals surface area contributed by atoms with Crippen molar-refractivity contribution in [2.75, 3.05) is 6.61 Å². The van der Waals surface area contributed by atoms with E-state index < -0.39 is 0 Å². The highest BCUT2D eigenvalue weighted by atomic mass is 16.5. The van der Waals surface area contributed by atoms with Crippen molar-refractivity contribution in [1.29, 1.82) is 5.26 Å². The number of para-hydroxylation sites is 1. The molecule has 0 saturated heterocycles. The summed E-state index contributed by atoms with van der Waals surface area (Å²) < 4.78 is 13.1. The number of allylic oxidation sites excluding steroid dienone is 1. The van der Waals surface area contributed by atoms with E-state index in [9.17, 15) is 5.26 Å². The maximum absolute atomic E-state index is 9.96. The van der Waals surface area contributed by atoms with Crippen LogP contribution in [0, 0.1) is 18.3 Å². The number of aromatic nitrogens is 2. The molecule has 29 heavy (non-hydrogen) atoms. The molecule has 0 saturated carbocycles. The van der Waals surface area contributed by atoms with Crippen LogP contribution in [0.4, 0.5) is 0 Å². The van der Waals surface area contributed by atoms with Crippen LogP contribution in [0.3, 0.4) is 0 Å². The molecule has 0 bridgehead atoms. The van der Waals surface area contributed by atoms with Crippen molar-refractivity contribution >= 4 is 6.40 Å². The molecule has 0 amide bonds. The van der Waals surface area contributed by atoms with Gasteiger partial charge >= 0.3 is 0 Å². The van der Waals surface area contributed by atoms with Crippen molar-refractivity contribution in [3.63, 3.8) is 0 Å². The minimum atomic E-state index is -0.323. The summed E-state index contributed by atoms with van der Waals surface area (Å²) in [5.41, 5.74) is 3.95. The summed E-state index contributed by atoms with van der Waals surface area (Å²) in [6.07, 6.45) is 1.32. The SMILES string of the molecule is CCO/C=N/C1=C(C#N)C(c2ccccc2)c2c(C)nn(-c3ccccc3)c2O1. The molecule has 6 nitrogen and oxygen atoms in total. The highest BCUT2D eigenvalue weighted by Crippen LogP contribution is 2.45. The second-order valence-electron chi connectivity index (χ2n) is 6.52. The normalized spacial score (nSPS) is 15.7. The number of ether oxygens (including phenoxy) is 2. The van der Waals surface area contributed by atoms with E-state index in [0.717, 1.165) is 22.5 Å². The highest BCUT2D eigenvalue weighted by molar-refractivity contribution is 5.59. The maximum Gasteiger partial charge on any atom is 0.238 e. The van der Waals surface area contributed by atoms with Crippen LogP contribution in [0.25, 0.3) is 5.69 Å². The summed E-state index contributed by atoms with van der Waals surface area (Å²) in [4.78, 5) is 4.29. The number of nitriles is 1. The second-order valence-corrected chi connectivity index (χ2v) is 6.52. The van der Waals surface area contributed by atoms with Crippen molar-refractivity contribution in [3.05, 3.63) is 88.9 Å². The molecule has 3 aromatic rings. The quantitative estimate of drug-likeness (QED) is 0.479. The molecule has 1 unspecified atom stereocenters. The number of fused-ring (bicyclic) bond motifs is 1. The number of rotatable bonds is 5. The first-order valence-electron chi connectivity index (χ1n) is 9.40. The van der Waals surface area contributed by atoms with Crippen molar-refractivity contribution in [1.82, 2.24) is 9.78 Å². The molecule has 6 heteroatoms. The van der Waals surface area contributed by atoms with E-state index in [1.165, 1.54) is 6.40 Å². The van der Waals surface area contributed by atoms with Crippen molar-refractivity contribution < 1.29 is 9.47 Å². The fourth-order valence-corrected chi connectivity index (χ4v) is 3.45. The molecule has 2 heterocycles. The van der Waals surface area contributed by atoms with E-state index in [2.05, 4.69) is 11.1 Å². The lowest BCUT2D eigenvalue weighted by molar-refractivity contribution is 0.331.